The lowest BCUT2D eigenvalue weighted by Gasteiger charge is -2.10. The number of nitrogens with one attached hydrogen (secondary N) is 2. The predicted molar refractivity (Wildman–Crippen MR) is 110 cm³/mol. The summed E-state index contributed by atoms with van der Waals surface area (Å²) in [6.45, 7) is 1.43. The first kappa shape index (κ1) is 19.1. The van der Waals surface area contributed by atoms with E-state index in [0.29, 0.717) is 40.8 Å². The third-order valence-electron chi connectivity index (χ3n) is 4.28. The number of hydrogen-bond acceptors (Lipinski definition) is 6. The number of rotatable bonds is 6. The van der Waals surface area contributed by atoms with Gasteiger partial charge in [-0.25, -0.2) is 0 Å². The van der Waals surface area contributed by atoms with Gasteiger partial charge in [0.05, 0.1) is 12.7 Å². The summed E-state index contributed by atoms with van der Waals surface area (Å²) >= 11 is 0. The Balaban J connectivity index is 1.48. The molecule has 2 aromatic carbocycles. The van der Waals surface area contributed by atoms with Crippen LogP contribution in [0.4, 0.5) is 11.4 Å². The molecule has 0 fully saturated rings. The van der Waals surface area contributed by atoms with Crippen LogP contribution >= 0.6 is 0 Å². The molecule has 4 aromatic rings. The minimum absolute atomic E-state index is 0.169. The maximum atomic E-state index is 12.6. The van der Waals surface area contributed by atoms with Gasteiger partial charge in [0.15, 0.2) is 5.76 Å². The van der Waals surface area contributed by atoms with E-state index in [1.54, 1.807) is 42.7 Å². The van der Waals surface area contributed by atoms with Crippen molar-refractivity contribution in [1.29, 1.82) is 0 Å². The van der Waals surface area contributed by atoms with Gasteiger partial charge in [0.1, 0.15) is 0 Å². The highest BCUT2D eigenvalue weighted by Crippen LogP contribution is 2.22. The Bertz CT molecular complexity index is 1160. The molecule has 0 atom stereocenters. The normalized spacial score (nSPS) is 10.6. The summed E-state index contributed by atoms with van der Waals surface area (Å²) in [6, 6.07) is 17.5. The summed E-state index contributed by atoms with van der Waals surface area (Å²) in [5.41, 5.74) is 2.57. The third kappa shape index (κ3) is 4.44. The topological polar surface area (TPSA) is 110 Å². The highest BCUT2D eigenvalue weighted by Gasteiger charge is 2.14. The van der Waals surface area contributed by atoms with E-state index in [1.165, 1.54) is 6.92 Å². The number of carbonyl (C=O) groups is 2. The molecule has 0 aliphatic carbocycles. The number of anilines is 2. The Labute approximate surface area is 171 Å². The van der Waals surface area contributed by atoms with Crippen molar-refractivity contribution in [2.75, 3.05) is 10.6 Å². The van der Waals surface area contributed by atoms with Crippen molar-refractivity contribution in [3.8, 4) is 11.6 Å². The van der Waals surface area contributed by atoms with Crippen LogP contribution in [-0.4, -0.2) is 22.0 Å². The Morgan fingerprint density at radius 3 is 2.50 bits per heavy atom. The molecule has 0 radical (unpaired) electrons. The van der Waals surface area contributed by atoms with E-state index in [9.17, 15) is 9.59 Å². The Hall–Kier alpha value is -4.20. The van der Waals surface area contributed by atoms with Crippen molar-refractivity contribution in [3.63, 3.8) is 0 Å². The first-order valence-electron chi connectivity index (χ1n) is 9.22. The summed E-state index contributed by atoms with van der Waals surface area (Å²) in [7, 11) is 0. The van der Waals surface area contributed by atoms with E-state index in [0.717, 1.165) is 5.56 Å². The van der Waals surface area contributed by atoms with Gasteiger partial charge in [-0.15, -0.1) is 0 Å². The highest BCUT2D eigenvalue weighted by molar-refractivity contribution is 6.05. The number of carbonyl (C=O) groups excluding carboxylic acids is 2. The quantitative estimate of drug-likeness (QED) is 0.502. The molecular weight excluding hydrogens is 384 g/mol. The molecule has 2 N–H and O–H groups in total. The first-order valence-corrected chi connectivity index (χ1v) is 9.22. The summed E-state index contributed by atoms with van der Waals surface area (Å²) in [5, 5.41) is 9.50. The molecule has 150 valence electrons. The molecule has 0 saturated carbocycles. The van der Waals surface area contributed by atoms with Crippen LogP contribution in [0.5, 0.6) is 0 Å². The lowest BCUT2D eigenvalue weighted by Crippen LogP contribution is -2.13. The molecule has 0 unspecified atom stereocenters. The van der Waals surface area contributed by atoms with Crippen LogP contribution in [0.15, 0.2) is 75.9 Å². The number of hydrogen-bond donors (Lipinski definition) is 2. The highest BCUT2D eigenvalue weighted by atomic mass is 16.5. The van der Waals surface area contributed by atoms with Gasteiger partial charge in [0, 0.05) is 23.9 Å². The molecule has 0 aliphatic rings. The van der Waals surface area contributed by atoms with Gasteiger partial charge >= 0.3 is 0 Å². The van der Waals surface area contributed by atoms with E-state index in [2.05, 4.69) is 20.8 Å². The van der Waals surface area contributed by atoms with Gasteiger partial charge in [-0.05, 0) is 48.0 Å². The number of benzene rings is 2. The first-order chi connectivity index (χ1) is 14.6. The third-order valence-corrected chi connectivity index (χ3v) is 4.28. The van der Waals surface area contributed by atoms with Crippen molar-refractivity contribution in [2.45, 2.75) is 13.3 Å². The van der Waals surface area contributed by atoms with Crippen LogP contribution in [0.25, 0.3) is 11.6 Å². The van der Waals surface area contributed by atoms with Crippen LogP contribution in [0, 0.1) is 0 Å². The van der Waals surface area contributed by atoms with Gasteiger partial charge in [-0.1, -0.05) is 23.4 Å². The van der Waals surface area contributed by atoms with Gasteiger partial charge in [0.25, 0.3) is 5.91 Å². The fourth-order valence-electron chi connectivity index (χ4n) is 2.89. The molecule has 2 amide bonds. The molecule has 2 heterocycles. The summed E-state index contributed by atoms with van der Waals surface area (Å²) in [6.07, 6.45) is 1.89. The van der Waals surface area contributed by atoms with Crippen molar-refractivity contribution in [3.05, 3.63) is 83.9 Å². The fourth-order valence-corrected chi connectivity index (χ4v) is 2.89. The Morgan fingerprint density at radius 1 is 0.967 bits per heavy atom. The van der Waals surface area contributed by atoms with Crippen LogP contribution in [0.3, 0.4) is 0 Å². The van der Waals surface area contributed by atoms with E-state index >= 15 is 0 Å². The van der Waals surface area contributed by atoms with E-state index in [-0.39, 0.29) is 11.8 Å². The largest absolute Gasteiger partial charge is 0.461 e. The van der Waals surface area contributed by atoms with Crippen LogP contribution < -0.4 is 10.6 Å². The number of furan rings is 1. The zero-order valence-corrected chi connectivity index (χ0v) is 16.1. The molecule has 4 rings (SSSR count). The fraction of sp³-hybridized carbons (Fsp3) is 0.0909. The predicted octanol–water partition coefficient (Wildman–Crippen LogP) is 4.13. The Morgan fingerprint density at radius 2 is 1.77 bits per heavy atom. The van der Waals surface area contributed by atoms with Gasteiger partial charge in [-0.2, -0.15) is 4.98 Å². The summed E-state index contributed by atoms with van der Waals surface area (Å²) < 4.78 is 10.6. The van der Waals surface area contributed by atoms with Crippen LogP contribution in [0.2, 0.25) is 0 Å². The van der Waals surface area contributed by atoms with E-state index in [1.807, 2.05) is 24.3 Å². The second-order valence-corrected chi connectivity index (χ2v) is 6.54. The number of aromatic nitrogens is 2. The van der Waals surface area contributed by atoms with Crippen molar-refractivity contribution >= 4 is 23.2 Å². The minimum atomic E-state index is -0.265. The molecule has 0 bridgehead atoms. The number of nitrogens with zero attached hydrogens (tertiary/aromatic N) is 2. The maximum absolute atomic E-state index is 12.6. The number of para-hydroxylation sites is 1. The monoisotopic (exact) mass is 402 g/mol. The number of amides is 2. The molecule has 2 aromatic heterocycles. The Kier molecular flexibility index (Phi) is 5.38. The van der Waals surface area contributed by atoms with E-state index in [4.69, 9.17) is 8.94 Å². The average Bonchev–Trinajstić information content (AvgIpc) is 3.41. The molecular formula is C22H18N4O4. The van der Waals surface area contributed by atoms with E-state index < -0.39 is 0 Å². The molecule has 0 saturated heterocycles. The molecule has 8 nitrogen and oxygen atoms in total. The molecule has 8 heteroatoms. The van der Waals surface area contributed by atoms with Crippen molar-refractivity contribution in [2.24, 2.45) is 0 Å². The molecule has 0 spiro atoms. The van der Waals surface area contributed by atoms with Crippen molar-refractivity contribution in [1.82, 2.24) is 10.1 Å². The van der Waals surface area contributed by atoms with Crippen molar-refractivity contribution < 1.29 is 18.5 Å². The zero-order chi connectivity index (χ0) is 20.9. The standard InChI is InChI=1S/C22H18N4O4/c1-14(27)23-17-10-8-15(9-11-17)22(28)24-18-6-3-2-5-16(18)13-20-25-21(26-30-20)19-7-4-12-29-19/h2-12H,13H2,1H3,(H,23,27)(H,24,28). The zero-order valence-electron chi connectivity index (χ0n) is 16.1. The SMILES string of the molecule is CC(=O)Nc1ccc(C(=O)Nc2ccccc2Cc2nc(-c3ccco3)no2)cc1. The van der Waals surface area contributed by atoms with Crippen LogP contribution in [-0.2, 0) is 11.2 Å². The second kappa shape index (κ2) is 8.44. The van der Waals surface area contributed by atoms with Crippen LogP contribution in [0.1, 0.15) is 28.7 Å². The van der Waals surface area contributed by atoms with Gasteiger partial charge in [-0.3, -0.25) is 9.59 Å². The van der Waals surface area contributed by atoms with Gasteiger partial charge in [0.2, 0.25) is 17.6 Å². The summed E-state index contributed by atoms with van der Waals surface area (Å²) in [5.74, 6) is 0.865. The minimum Gasteiger partial charge on any atom is -0.461 e. The lowest BCUT2D eigenvalue weighted by atomic mass is 10.1. The lowest BCUT2D eigenvalue weighted by molar-refractivity contribution is -0.114. The second-order valence-electron chi connectivity index (χ2n) is 6.54. The maximum Gasteiger partial charge on any atom is 0.255 e. The summed E-state index contributed by atoms with van der Waals surface area (Å²) in [4.78, 5) is 28.1. The smallest absolute Gasteiger partial charge is 0.255 e. The molecule has 30 heavy (non-hydrogen) atoms. The van der Waals surface area contributed by atoms with Gasteiger partial charge < -0.3 is 19.6 Å². The molecule has 0 aliphatic heterocycles. The average molecular weight is 402 g/mol.